The lowest BCUT2D eigenvalue weighted by Crippen LogP contribution is -2.49. The summed E-state index contributed by atoms with van der Waals surface area (Å²) in [5.74, 6) is 0. The molecule has 0 rings (SSSR count). The highest BCUT2D eigenvalue weighted by molar-refractivity contribution is 6.53. The summed E-state index contributed by atoms with van der Waals surface area (Å²) in [7, 11) is 1.47. The van der Waals surface area contributed by atoms with Crippen molar-refractivity contribution in [2.75, 3.05) is 21.3 Å². The Kier molecular flexibility index (Phi) is 8.50. The highest BCUT2D eigenvalue weighted by Crippen LogP contribution is 2.15. The smallest absolute Gasteiger partial charge is 0.474 e. The van der Waals surface area contributed by atoms with E-state index >= 15 is 0 Å². The van der Waals surface area contributed by atoms with E-state index in [1.807, 2.05) is 13.8 Å². The van der Waals surface area contributed by atoms with E-state index < -0.39 is 15.3 Å². The third kappa shape index (κ3) is 5.09. The highest BCUT2D eigenvalue weighted by Gasteiger charge is 2.45. The van der Waals surface area contributed by atoms with Crippen LogP contribution in [0.25, 0.3) is 0 Å². The molecule has 1 atom stereocenters. The van der Waals surface area contributed by atoms with Gasteiger partial charge in [0.05, 0.1) is 6.26 Å². The van der Waals surface area contributed by atoms with E-state index in [4.69, 9.17) is 22.4 Å². The van der Waals surface area contributed by atoms with E-state index in [0.717, 1.165) is 12.8 Å². The lowest BCUT2D eigenvalue weighted by atomic mass is 10.3. The van der Waals surface area contributed by atoms with E-state index in [9.17, 15) is 0 Å². The average Bonchev–Trinajstić information content (AvgIpc) is 2.33. The number of allylic oxidation sites excluding steroid dienone is 1. The summed E-state index contributed by atoms with van der Waals surface area (Å²) < 4.78 is 26.5. The maximum absolute atomic E-state index is 5.63. The van der Waals surface area contributed by atoms with Crippen LogP contribution in [-0.4, -0.2) is 36.7 Å². The van der Waals surface area contributed by atoms with Crippen molar-refractivity contribution in [3.05, 3.63) is 12.3 Å². The van der Waals surface area contributed by atoms with E-state index in [1.54, 1.807) is 12.3 Å². The van der Waals surface area contributed by atoms with Crippen LogP contribution in [0.2, 0.25) is 0 Å². The quantitative estimate of drug-likeness (QED) is 0.356. The fourth-order valence-electron chi connectivity index (χ4n) is 1.11. The molecule has 0 heterocycles. The van der Waals surface area contributed by atoms with Crippen molar-refractivity contribution >= 4 is 9.05 Å². The summed E-state index contributed by atoms with van der Waals surface area (Å²) in [6, 6.07) is 0. The van der Waals surface area contributed by atoms with E-state index in [0.29, 0.717) is 0 Å². The minimum absolute atomic E-state index is 0.410. The summed E-state index contributed by atoms with van der Waals surface area (Å²) in [6.07, 6.45) is 4.65. The van der Waals surface area contributed by atoms with Gasteiger partial charge in [-0.2, -0.15) is 0 Å². The topological polar surface area (TPSA) is 46.2 Å². The molecule has 96 valence electrons. The lowest BCUT2D eigenvalue weighted by Gasteiger charge is -2.27. The summed E-state index contributed by atoms with van der Waals surface area (Å²) in [6.45, 7) is 3.92. The molecule has 0 aromatic heterocycles. The molecule has 0 bridgehead atoms. The van der Waals surface area contributed by atoms with Crippen molar-refractivity contribution in [3.8, 4) is 0 Å². The molecule has 0 aromatic rings. The minimum atomic E-state index is -3.03. The van der Waals surface area contributed by atoms with Gasteiger partial charge in [-0.25, -0.2) is 0 Å². The summed E-state index contributed by atoms with van der Waals surface area (Å²) in [4.78, 5) is 0. The lowest BCUT2D eigenvalue weighted by molar-refractivity contribution is -0.114. The number of hydrogen-bond acceptors (Lipinski definition) is 5. The maximum atomic E-state index is 5.63. The van der Waals surface area contributed by atoms with Gasteiger partial charge in [-0.15, -0.1) is 0 Å². The second-order valence-corrected chi connectivity index (χ2v) is 5.51. The van der Waals surface area contributed by atoms with Crippen molar-refractivity contribution in [1.29, 1.82) is 0 Å². The van der Waals surface area contributed by atoms with Gasteiger partial charge in [0.25, 0.3) is 0 Å². The molecule has 16 heavy (non-hydrogen) atoms. The number of hydrogen-bond donors (Lipinski definition) is 0. The van der Waals surface area contributed by atoms with Crippen LogP contribution in [0.3, 0.4) is 0 Å². The van der Waals surface area contributed by atoms with Gasteiger partial charge in [0.1, 0.15) is 0 Å². The first-order valence-corrected chi connectivity index (χ1v) is 6.91. The molecule has 6 heteroatoms. The Bertz CT molecular complexity index is 185. The van der Waals surface area contributed by atoms with Gasteiger partial charge in [0.2, 0.25) is 0 Å². The first-order valence-electron chi connectivity index (χ1n) is 5.27. The van der Waals surface area contributed by atoms with Crippen molar-refractivity contribution in [2.24, 2.45) is 0 Å². The standard InChI is InChI=1S/C10H22O5Si/c1-6-8-10(14-9-7-2)15-16(11-3,12-4)13-5/h7,9-10H,6,8H2,1-5H3. The molecule has 0 saturated carbocycles. The van der Waals surface area contributed by atoms with Gasteiger partial charge >= 0.3 is 9.05 Å². The maximum Gasteiger partial charge on any atom is 0.681 e. The molecule has 0 fully saturated rings. The van der Waals surface area contributed by atoms with Crippen LogP contribution < -0.4 is 0 Å². The first-order chi connectivity index (χ1) is 7.67. The first kappa shape index (κ1) is 15.6. The van der Waals surface area contributed by atoms with Crippen molar-refractivity contribution in [2.45, 2.75) is 33.0 Å². The predicted octanol–water partition coefficient (Wildman–Crippen LogP) is 2.05. The fourth-order valence-corrected chi connectivity index (χ4v) is 2.40. The van der Waals surface area contributed by atoms with Crippen LogP contribution in [0.1, 0.15) is 26.7 Å². The van der Waals surface area contributed by atoms with Crippen LogP contribution in [0.4, 0.5) is 0 Å². The molecular formula is C10H22O5Si. The molecule has 0 aliphatic rings. The number of ether oxygens (including phenoxy) is 1. The van der Waals surface area contributed by atoms with Crippen LogP contribution in [-0.2, 0) is 22.4 Å². The van der Waals surface area contributed by atoms with Gasteiger partial charge in [-0.1, -0.05) is 19.4 Å². The van der Waals surface area contributed by atoms with Crippen molar-refractivity contribution in [1.82, 2.24) is 0 Å². The van der Waals surface area contributed by atoms with Crippen molar-refractivity contribution < 1.29 is 22.4 Å². The highest BCUT2D eigenvalue weighted by atomic mass is 28.4. The monoisotopic (exact) mass is 250 g/mol. The molecule has 0 saturated heterocycles. The Hall–Kier alpha value is -0.403. The molecule has 0 N–H and O–H groups in total. The summed E-state index contributed by atoms with van der Waals surface area (Å²) >= 11 is 0. The Balaban J connectivity index is 4.43. The molecule has 1 unspecified atom stereocenters. The van der Waals surface area contributed by atoms with Crippen LogP contribution >= 0.6 is 0 Å². The molecule has 0 aliphatic heterocycles. The second-order valence-electron chi connectivity index (χ2n) is 3.05. The van der Waals surface area contributed by atoms with Gasteiger partial charge in [0, 0.05) is 27.8 Å². The van der Waals surface area contributed by atoms with E-state index in [-0.39, 0.29) is 0 Å². The largest absolute Gasteiger partial charge is 0.681 e. The number of rotatable bonds is 9. The Morgan fingerprint density at radius 3 is 2.06 bits per heavy atom. The molecule has 0 amide bonds. The molecular weight excluding hydrogens is 228 g/mol. The summed E-state index contributed by atoms with van der Waals surface area (Å²) in [5, 5.41) is 0. The molecule has 0 aliphatic carbocycles. The van der Waals surface area contributed by atoms with Gasteiger partial charge < -0.3 is 22.4 Å². The van der Waals surface area contributed by atoms with Crippen LogP contribution in [0, 0.1) is 0 Å². The van der Waals surface area contributed by atoms with Crippen LogP contribution in [0.15, 0.2) is 12.3 Å². The Morgan fingerprint density at radius 2 is 1.69 bits per heavy atom. The molecule has 0 spiro atoms. The Morgan fingerprint density at radius 1 is 1.12 bits per heavy atom. The zero-order valence-corrected chi connectivity index (χ0v) is 11.7. The second kappa shape index (κ2) is 8.71. The van der Waals surface area contributed by atoms with E-state index in [1.165, 1.54) is 21.3 Å². The zero-order chi connectivity index (χ0) is 12.4. The Labute approximate surface area is 98.8 Å². The average molecular weight is 250 g/mol. The molecule has 0 aromatic carbocycles. The molecule has 5 nitrogen and oxygen atoms in total. The van der Waals surface area contributed by atoms with Gasteiger partial charge in [-0.05, 0) is 6.92 Å². The van der Waals surface area contributed by atoms with Gasteiger partial charge in [0.15, 0.2) is 6.29 Å². The zero-order valence-electron chi connectivity index (χ0n) is 10.7. The SMILES string of the molecule is CC=COC(CCC)O[Si](OC)(OC)OC. The van der Waals surface area contributed by atoms with Gasteiger partial charge in [-0.3, -0.25) is 0 Å². The third-order valence-corrected chi connectivity index (χ3v) is 3.97. The minimum Gasteiger partial charge on any atom is -0.474 e. The summed E-state index contributed by atoms with van der Waals surface area (Å²) in [5.41, 5.74) is 0. The third-order valence-electron chi connectivity index (χ3n) is 1.92. The predicted molar refractivity (Wildman–Crippen MR) is 62.5 cm³/mol. The normalized spacial score (nSPS) is 14.3. The molecule has 0 radical (unpaired) electrons. The fraction of sp³-hybridized carbons (Fsp3) is 0.800. The van der Waals surface area contributed by atoms with Crippen LogP contribution in [0.5, 0.6) is 0 Å². The van der Waals surface area contributed by atoms with E-state index in [2.05, 4.69) is 0 Å². The van der Waals surface area contributed by atoms with Crippen molar-refractivity contribution in [3.63, 3.8) is 0 Å².